The Kier molecular flexibility index (Phi) is 7.41. The van der Waals surface area contributed by atoms with E-state index in [0.29, 0.717) is 22.5 Å². The number of halogens is 1. The number of likely N-dealkylation sites (N-methyl/N-ethyl adjacent to an activating group) is 1. The van der Waals surface area contributed by atoms with Crippen LogP contribution in [-0.2, 0) is 0 Å². The molecule has 1 atom stereocenters. The zero-order valence-electron chi connectivity index (χ0n) is 15.2. The van der Waals surface area contributed by atoms with Crippen molar-refractivity contribution in [3.8, 4) is 0 Å². The van der Waals surface area contributed by atoms with Crippen LogP contribution < -0.4 is 10.6 Å². The molecule has 2 aromatic rings. The fraction of sp³-hybridized carbons (Fsp3) is 0.368. The van der Waals surface area contributed by atoms with Crippen LogP contribution in [0.25, 0.3) is 0 Å². The molecule has 0 fully saturated rings. The Labute approximate surface area is 162 Å². The molecular weight excluding hydrogens is 398 g/mol. The largest absolute Gasteiger partial charge is 0.444 e. The minimum atomic E-state index is -0.372. The number of benzene rings is 1. The average molecular weight is 422 g/mol. The fourth-order valence-corrected chi connectivity index (χ4v) is 2.99. The van der Waals surface area contributed by atoms with Crippen LogP contribution in [0.2, 0.25) is 0 Å². The van der Waals surface area contributed by atoms with Crippen LogP contribution >= 0.6 is 15.9 Å². The lowest BCUT2D eigenvalue weighted by Gasteiger charge is -2.26. The molecule has 0 aliphatic heterocycles. The summed E-state index contributed by atoms with van der Waals surface area (Å²) in [7, 11) is 0. The van der Waals surface area contributed by atoms with Gasteiger partial charge in [-0.3, -0.25) is 14.5 Å². The molecule has 2 rings (SSSR count). The number of hydrogen-bond donors (Lipinski definition) is 2. The Bertz CT molecular complexity index is 756. The minimum Gasteiger partial charge on any atom is -0.444 e. The first kappa shape index (κ1) is 20.2. The van der Waals surface area contributed by atoms with Gasteiger partial charge in [-0.25, -0.2) is 0 Å². The third-order valence-electron chi connectivity index (χ3n) is 4.17. The predicted octanol–water partition coefficient (Wildman–Crippen LogP) is 3.75. The molecule has 0 spiro atoms. The summed E-state index contributed by atoms with van der Waals surface area (Å²) in [5.74, 6) is -0.343. The van der Waals surface area contributed by atoms with Gasteiger partial charge in [0.15, 0.2) is 10.4 Å². The molecule has 0 aliphatic rings. The minimum absolute atomic E-state index is 0.166. The van der Waals surface area contributed by atoms with Crippen molar-refractivity contribution in [2.75, 3.05) is 25.0 Å². The summed E-state index contributed by atoms with van der Waals surface area (Å²) < 4.78 is 5.71. The summed E-state index contributed by atoms with van der Waals surface area (Å²) in [6.45, 7) is 8.75. The van der Waals surface area contributed by atoms with Crippen molar-refractivity contribution in [2.45, 2.75) is 26.8 Å². The van der Waals surface area contributed by atoms with Crippen LogP contribution in [0.4, 0.5) is 5.69 Å². The standard InChI is InChI=1S/C19H24BrN3O3/c1-4-23(5-2)13(3)12-21-18(24)14-7-6-8-15(11-14)22-19(25)16-9-10-17(20)26-16/h6-11,13H,4-5,12H2,1-3H3,(H,21,24)(H,22,25). The molecule has 0 aliphatic carbocycles. The van der Waals surface area contributed by atoms with Gasteiger partial charge in [-0.2, -0.15) is 0 Å². The maximum atomic E-state index is 12.4. The summed E-state index contributed by atoms with van der Waals surface area (Å²) in [6, 6.07) is 10.3. The first-order chi connectivity index (χ1) is 12.4. The van der Waals surface area contributed by atoms with E-state index < -0.39 is 0 Å². The van der Waals surface area contributed by atoms with Crippen molar-refractivity contribution >= 4 is 33.4 Å². The lowest BCUT2D eigenvalue weighted by molar-refractivity contribution is 0.0936. The zero-order valence-corrected chi connectivity index (χ0v) is 16.8. The van der Waals surface area contributed by atoms with Gasteiger partial charge in [0.2, 0.25) is 0 Å². The zero-order chi connectivity index (χ0) is 19.1. The Morgan fingerprint density at radius 3 is 2.50 bits per heavy atom. The highest BCUT2D eigenvalue weighted by Crippen LogP contribution is 2.17. The molecule has 7 heteroatoms. The quantitative estimate of drug-likeness (QED) is 0.680. The van der Waals surface area contributed by atoms with Crippen LogP contribution in [0.1, 0.15) is 41.7 Å². The number of carbonyl (C=O) groups is 2. The second kappa shape index (κ2) is 9.54. The summed E-state index contributed by atoms with van der Waals surface area (Å²) >= 11 is 3.16. The van der Waals surface area contributed by atoms with E-state index in [0.717, 1.165) is 13.1 Å². The molecule has 1 heterocycles. The summed E-state index contributed by atoms with van der Waals surface area (Å²) in [5.41, 5.74) is 1.03. The van der Waals surface area contributed by atoms with E-state index in [2.05, 4.69) is 52.2 Å². The lowest BCUT2D eigenvalue weighted by Crippen LogP contribution is -2.42. The van der Waals surface area contributed by atoms with Gasteiger partial charge in [0.1, 0.15) is 0 Å². The average Bonchev–Trinajstić information content (AvgIpc) is 3.07. The van der Waals surface area contributed by atoms with Gasteiger partial charge in [0, 0.05) is 23.8 Å². The van der Waals surface area contributed by atoms with Gasteiger partial charge in [0.05, 0.1) is 0 Å². The van der Waals surface area contributed by atoms with Crippen LogP contribution in [0, 0.1) is 0 Å². The van der Waals surface area contributed by atoms with E-state index >= 15 is 0 Å². The molecule has 26 heavy (non-hydrogen) atoms. The van der Waals surface area contributed by atoms with Gasteiger partial charge < -0.3 is 15.1 Å². The summed E-state index contributed by atoms with van der Waals surface area (Å²) in [5, 5.41) is 5.67. The van der Waals surface area contributed by atoms with Gasteiger partial charge >= 0.3 is 0 Å². The molecule has 0 saturated carbocycles. The van der Waals surface area contributed by atoms with Crippen molar-refractivity contribution in [3.05, 3.63) is 52.4 Å². The Balaban J connectivity index is 1.97. The topological polar surface area (TPSA) is 74.6 Å². The van der Waals surface area contributed by atoms with E-state index in [4.69, 9.17) is 4.42 Å². The molecule has 1 unspecified atom stereocenters. The van der Waals surface area contributed by atoms with Gasteiger partial charge in [-0.15, -0.1) is 0 Å². The molecule has 1 aromatic carbocycles. The molecule has 0 bridgehead atoms. The number of nitrogens with zero attached hydrogens (tertiary/aromatic N) is 1. The van der Waals surface area contributed by atoms with Crippen LogP contribution in [0.15, 0.2) is 45.5 Å². The van der Waals surface area contributed by atoms with E-state index in [1.807, 2.05) is 0 Å². The molecule has 6 nitrogen and oxygen atoms in total. The molecule has 2 amide bonds. The number of carbonyl (C=O) groups excluding carboxylic acids is 2. The monoisotopic (exact) mass is 421 g/mol. The van der Waals surface area contributed by atoms with Crippen molar-refractivity contribution in [3.63, 3.8) is 0 Å². The van der Waals surface area contributed by atoms with Crippen molar-refractivity contribution < 1.29 is 14.0 Å². The number of nitrogens with one attached hydrogen (secondary N) is 2. The van der Waals surface area contributed by atoms with E-state index in [1.54, 1.807) is 36.4 Å². The number of amides is 2. The lowest BCUT2D eigenvalue weighted by atomic mass is 10.1. The normalized spacial score (nSPS) is 12.0. The second-order valence-corrected chi connectivity index (χ2v) is 6.70. The predicted molar refractivity (Wildman–Crippen MR) is 106 cm³/mol. The maximum Gasteiger partial charge on any atom is 0.291 e. The molecule has 0 saturated heterocycles. The summed E-state index contributed by atoms with van der Waals surface area (Å²) in [6.07, 6.45) is 0. The van der Waals surface area contributed by atoms with Gasteiger partial charge in [0.25, 0.3) is 11.8 Å². The SMILES string of the molecule is CCN(CC)C(C)CNC(=O)c1cccc(NC(=O)c2ccc(Br)o2)c1. The molecule has 0 radical (unpaired) electrons. The van der Waals surface area contributed by atoms with E-state index in [-0.39, 0.29) is 23.6 Å². The van der Waals surface area contributed by atoms with Crippen molar-refractivity contribution in [1.82, 2.24) is 10.2 Å². The highest BCUT2D eigenvalue weighted by Gasteiger charge is 2.14. The van der Waals surface area contributed by atoms with Crippen molar-refractivity contribution in [1.29, 1.82) is 0 Å². The Morgan fingerprint density at radius 2 is 1.88 bits per heavy atom. The molecular formula is C19H24BrN3O3. The first-order valence-electron chi connectivity index (χ1n) is 8.63. The van der Waals surface area contributed by atoms with Crippen LogP contribution in [0.3, 0.4) is 0 Å². The maximum absolute atomic E-state index is 12.4. The fourth-order valence-electron chi connectivity index (χ4n) is 2.69. The molecule has 140 valence electrons. The molecule has 2 N–H and O–H groups in total. The number of hydrogen-bond acceptors (Lipinski definition) is 4. The highest BCUT2D eigenvalue weighted by molar-refractivity contribution is 9.10. The smallest absolute Gasteiger partial charge is 0.291 e. The third kappa shape index (κ3) is 5.44. The number of anilines is 1. The van der Waals surface area contributed by atoms with Crippen molar-refractivity contribution in [2.24, 2.45) is 0 Å². The third-order valence-corrected chi connectivity index (χ3v) is 4.60. The van der Waals surface area contributed by atoms with Crippen LogP contribution in [-0.4, -0.2) is 42.4 Å². The first-order valence-corrected chi connectivity index (χ1v) is 9.42. The number of rotatable bonds is 8. The highest BCUT2D eigenvalue weighted by atomic mass is 79.9. The van der Waals surface area contributed by atoms with E-state index in [1.165, 1.54) is 0 Å². The Morgan fingerprint density at radius 1 is 1.15 bits per heavy atom. The molecule has 1 aromatic heterocycles. The van der Waals surface area contributed by atoms with E-state index in [9.17, 15) is 9.59 Å². The Hall–Kier alpha value is -2.12. The number of furan rings is 1. The van der Waals surface area contributed by atoms with Gasteiger partial charge in [-0.05, 0) is 66.3 Å². The van der Waals surface area contributed by atoms with Gasteiger partial charge in [-0.1, -0.05) is 19.9 Å². The van der Waals surface area contributed by atoms with Crippen LogP contribution in [0.5, 0.6) is 0 Å². The summed E-state index contributed by atoms with van der Waals surface area (Å²) in [4.78, 5) is 26.8. The second-order valence-electron chi connectivity index (χ2n) is 5.92.